The highest BCUT2D eigenvalue weighted by atomic mass is 32.2. The van der Waals surface area contributed by atoms with Gasteiger partial charge in [-0.3, -0.25) is 4.72 Å². The Labute approximate surface area is 195 Å². The molecule has 0 spiro atoms. The van der Waals surface area contributed by atoms with Crippen molar-refractivity contribution in [1.29, 1.82) is 0 Å². The minimum atomic E-state index is -3.28. The van der Waals surface area contributed by atoms with Gasteiger partial charge in [-0.15, -0.1) is 0 Å². The number of nitrogens with zero attached hydrogens (tertiary/aromatic N) is 3. The van der Waals surface area contributed by atoms with Crippen LogP contribution in [0.1, 0.15) is 54.1 Å². The number of hydrogen-bond acceptors (Lipinski definition) is 7. The molecule has 1 aliphatic heterocycles. The second-order valence-corrected chi connectivity index (χ2v) is 10.5. The first kappa shape index (κ1) is 23.4. The summed E-state index contributed by atoms with van der Waals surface area (Å²) < 4.78 is 30.7. The molecule has 2 heterocycles. The molecule has 1 saturated heterocycles. The topological polar surface area (TPSA) is 114 Å². The molecule has 4 rings (SSSR count). The van der Waals surface area contributed by atoms with Crippen molar-refractivity contribution in [2.75, 3.05) is 30.6 Å². The maximum absolute atomic E-state index is 11.3. The fourth-order valence-corrected chi connectivity index (χ4v) is 4.75. The largest absolute Gasteiger partial charge is 0.339 e. The summed E-state index contributed by atoms with van der Waals surface area (Å²) in [6, 6.07) is 17.5. The van der Waals surface area contributed by atoms with Crippen LogP contribution in [0.4, 0.5) is 5.69 Å². The summed E-state index contributed by atoms with van der Waals surface area (Å²) in [4.78, 5) is 7.08. The van der Waals surface area contributed by atoms with Crippen LogP contribution < -0.4 is 10.5 Å². The fraction of sp³-hybridized carbons (Fsp3) is 0.417. The Balaban J connectivity index is 1.24. The third-order valence-electron chi connectivity index (χ3n) is 6.02. The minimum absolute atomic E-state index is 0.0682. The quantitative estimate of drug-likeness (QED) is 0.494. The lowest BCUT2D eigenvalue weighted by Crippen LogP contribution is -2.35. The number of anilines is 1. The molecule has 0 unspecified atom stereocenters. The average molecular weight is 470 g/mol. The fourth-order valence-electron chi connectivity index (χ4n) is 4.18. The highest BCUT2D eigenvalue weighted by molar-refractivity contribution is 7.92. The van der Waals surface area contributed by atoms with Gasteiger partial charge < -0.3 is 15.2 Å². The molecule has 0 aliphatic carbocycles. The van der Waals surface area contributed by atoms with Gasteiger partial charge in [0.15, 0.2) is 5.82 Å². The third kappa shape index (κ3) is 6.86. The Bertz CT molecular complexity index is 1120. The van der Waals surface area contributed by atoms with Crippen molar-refractivity contribution in [3.05, 3.63) is 77.4 Å². The van der Waals surface area contributed by atoms with E-state index >= 15 is 0 Å². The molecule has 3 aromatic rings. The van der Waals surface area contributed by atoms with Crippen molar-refractivity contribution in [2.24, 2.45) is 5.73 Å². The van der Waals surface area contributed by atoms with E-state index in [1.165, 1.54) is 5.56 Å². The summed E-state index contributed by atoms with van der Waals surface area (Å²) in [6.45, 7) is 2.99. The van der Waals surface area contributed by atoms with Gasteiger partial charge in [-0.05, 0) is 62.2 Å². The highest BCUT2D eigenvalue weighted by Gasteiger charge is 2.25. The zero-order valence-electron chi connectivity index (χ0n) is 18.9. The summed E-state index contributed by atoms with van der Waals surface area (Å²) in [5.74, 6) is 1.64. The highest BCUT2D eigenvalue weighted by Crippen LogP contribution is 2.28. The van der Waals surface area contributed by atoms with Crippen LogP contribution in [0.3, 0.4) is 0 Å². The maximum atomic E-state index is 11.3. The number of aromatic nitrogens is 2. The Hall–Kier alpha value is -2.75. The Morgan fingerprint density at radius 2 is 1.82 bits per heavy atom. The van der Waals surface area contributed by atoms with E-state index in [4.69, 9.17) is 10.3 Å². The molecular formula is C24H31N5O3S. The number of piperidine rings is 1. The van der Waals surface area contributed by atoms with Crippen LogP contribution >= 0.6 is 0 Å². The number of benzene rings is 2. The smallest absolute Gasteiger partial charge is 0.229 e. The van der Waals surface area contributed by atoms with E-state index in [1.807, 2.05) is 30.3 Å². The lowest BCUT2D eigenvalue weighted by Gasteiger charge is -2.31. The molecule has 2 aromatic carbocycles. The van der Waals surface area contributed by atoms with Gasteiger partial charge in [0.05, 0.1) is 6.26 Å². The number of likely N-dealkylation sites (tertiary alicyclic amines) is 1. The van der Waals surface area contributed by atoms with Crippen molar-refractivity contribution in [3.63, 3.8) is 0 Å². The van der Waals surface area contributed by atoms with E-state index in [2.05, 4.69) is 31.9 Å². The number of hydrogen-bond donors (Lipinski definition) is 2. The molecule has 0 saturated carbocycles. The predicted molar refractivity (Wildman–Crippen MR) is 128 cm³/mol. The molecule has 9 heteroatoms. The zero-order valence-corrected chi connectivity index (χ0v) is 19.7. The first-order chi connectivity index (χ1) is 15.9. The van der Waals surface area contributed by atoms with Crippen molar-refractivity contribution < 1.29 is 12.9 Å². The molecule has 0 bridgehead atoms. The molecule has 1 aromatic heterocycles. The molecule has 0 radical (unpaired) electrons. The first-order valence-electron chi connectivity index (χ1n) is 11.3. The summed E-state index contributed by atoms with van der Waals surface area (Å²) in [5, 5.41) is 4.15. The van der Waals surface area contributed by atoms with Gasteiger partial charge in [-0.1, -0.05) is 47.6 Å². The van der Waals surface area contributed by atoms with Crippen LogP contribution in [0.5, 0.6) is 0 Å². The molecule has 1 atom stereocenters. The van der Waals surface area contributed by atoms with Gasteiger partial charge in [0.25, 0.3) is 0 Å². The lowest BCUT2D eigenvalue weighted by atomic mass is 9.96. The SMILES string of the molecule is CS(=O)(=O)Nc1ccc(Cc2noc(C3CCN(CC[C@H](N)c4ccccc4)CC3)n2)cc1. The molecule has 176 valence electrons. The van der Waals surface area contributed by atoms with E-state index in [0.29, 0.717) is 23.8 Å². The molecule has 33 heavy (non-hydrogen) atoms. The van der Waals surface area contributed by atoms with Crippen LogP contribution in [0, 0.1) is 0 Å². The summed E-state index contributed by atoms with van der Waals surface area (Å²) in [5.41, 5.74) is 9.05. The normalized spacial score (nSPS) is 16.5. The van der Waals surface area contributed by atoms with Gasteiger partial charge in [0.1, 0.15) is 0 Å². The van der Waals surface area contributed by atoms with Crippen LogP contribution in [0.15, 0.2) is 59.1 Å². The van der Waals surface area contributed by atoms with E-state index in [9.17, 15) is 8.42 Å². The molecular weight excluding hydrogens is 438 g/mol. The van der Waals surface area contributed by atoms with Gasteiger partial charge in [-0.25, -0.2) is 8.42 Å². The number of rotatable bonds is 9. The molecule has 3 N–H and O–H groups in total. The first-order valence-corrected chi connectivity index (χ1v) is 13.2. The van der Waals surface area contributed by atoms with Crippen molar-refractivity contribution >= 4 is 15.7 Å². The van der Waals surface area contributed by atoms with Gasteiger partial charge in [-0.2, -0.15) is 4.98 Å². The van der Waals surface area contributed by atoms with Crippen molar-refractivity contribution in [3.8, 4) is 0 Å². The van der Waals surface area contributed by atoms with Crippen LogP contribution in [-0.4, -0.2) is 49.3 Å². The van der Waals surface area contributed by atoms with E-state index in [1.54, 1.807) is 12.1 Å². The Morgan fingerprint density at radius 3 is 2.48 bits per heavy atom. The maximum Gasteiger partial charge on any atom is 0.229 e. The van der Waals surface area contributed by atoms with E-state index < -0.39 is 10.0 Å². The zero-order chi connectivity index (χ0) is 23.3. The number of nitrogens with one attached hydrogen (secondary N) is 1. The second-order valence-electron chi connectivity index (χ2n) is 8.72. The summed E-state index contributed by atoms with van der Waals surface area (Å²) in [7, 11) is -3.28. The monoisotopic (exact) mass is 469 g/mol. The molecule has 0 amide bonds. The van der Waals surface area contributed by atoms with Crippen molar-refractivity contribution in [1.82, 2.24) is 15.0 Å². The lowest BCUT2D eigenvalue weighted by molar-refractivity contribution is 0.189. The van der Waals surface area contributed by atoms with Gasteiger partial charge >= 0.3 is 0 Å². The van der Waals surface area contributed by atoms with E-state index in [0.717, 1.165) is 50.7 Å². The van der Waals surface area contributed by atoms with Gasteiger partial charge in [0.2, 0.25) is 15.9 Å². The molecule has 8 nitrogen and oxygen atoms in total. The second kappa shape index (κ2) is 10.5. The third-order valence-corrected chi connectivity index (χ3v) is 6.63. The van der Waals surface area contributed by atoms with Crippen molar-refractivity contribution in [2.45, 2.75) is 37.6 Å². The predicted octanol–water partition coefficient (Wildman–Crippen LogP) is 3.30. The Kier molecular flexibility index (Phi) is 7.42. The summed E-state index contributed by atoms with van der Waals surface area (Å²) >= 11 is 0. The standard InChI is InChI=1S/C24H31N5O3S/c1-33(30,31)28-21-9-7-18(8-10-21)17-23-26-24(32-27-23)20-11-14-29(15-12-20)16-13-22(25)19-5-3-2-4-6-19/h2-10,20,22,28H,11-17,25H2,1H3/t22-/m0/s1. The average Bonchev–Trinajstić information content (AvgIpc) is 3.27. The van der Waals surface area contributed by atoms with Crippen LogP contribution in [0.2, 0.25) is 0 Å². The molecule has 1 fully saturated rings. The van der Waals surface area contributed by atoms with Crippen LogP contribution in [0.25, 0.3) is 0 Å². The summed E-state index contributed by atoms with van der Waals surface area (Å²) in [6.07, 6.45) is 4.60. The minimum Gasteiger partial charge on any atom is -0.339 e. The number of nitrogens with two attached hydrogens (primary N) is 1. The Morgan fingerprint density at radius 1 is 1.12 bits per heavy atom. The van der Waals surface area contributed by atoms with Crippen LogP contribution in [-0.2, 0) is 16.4 Å². The van der Waals surface area contributed by atoms with Gasteiger partial charge in [0, 0.05) is 24.1 Å². The molecule has 1 aliphatic rings. The number of sulfonamides is 1. The van der Waals surface area contributed by atoms with E-state index in [-0.39, 0.29) is 12.0 Å².